The second-order valence-corrected chi connectivity index (χ2v) is 7.15. The van der Waals surface area contributed by atoms with Crippen LogP contribution in [0.5, 0.6) is 5.75 Å². The molecular weight excluding hydrogens is 398 g/mol. The molecule has 0 aliphatic rings. The molecule has 2 N–H and O–H groups in total. The molecule has 0 saturated heterocycles. The van der Waals surface area contributed by atoms with Crippen LogP contribution in [0.15, 0.2) is 85.1 Å². The number of carbonyl (C=O) groups excluding carboxylic acids is 1. The standard InChI is InChI=1S/C24H18ClN3O2/c25-19-10-6-16(7-11-19)14-22(30)28-24-23(18-4-2-1-3-5-18)27-21(15-26-24)17-8-12-20(29)13-9-17/h1-13,15,29H,14H2,(H,26,28,30). The summed E-state index contributed by atoms with van der Waals surface area (Å²) in [7, 11) is 0. The number of benzene rings is 3. The summed E-state index contributed by atoms with van der Waals surface area (Å²) in [4.78, 5) is 21.8. The van der Waals surface area contributed by atoms with E-state index < -0.39 is 0 Å². The zero-order valence-electron chi connectivity index (χ0n) is 15.9. The normalized spacial score (nSPS) is 10.6. The Morgan fingerprint density at radius 3 is 2.30 bits per heavy atom. The van der Waals surface area contributed by atoms with Gasteiger partial charge in [-0.3, -0.25) is 4.79 Å². The van der Waals surface area contributed by atoms with Crippen LogP contribution in [0.25, 0.3) is 22.5 Å². The van der Waals surface area contributed by atoms with Crippen molar-refractivity contribution >= 4 is 23.3 Å². The maximum atomic E-state index is 12.6. The van der Waals surface area contributed by atoms with Crippen LogP contribution in [0.4, 0.5) is 5.82 Å². The molecule has 0 radical (unpaired) electrons. The van der Waals surface area contributed by atoms with Gasteiger partial charge in [-0.1, -0.05) is 54.1 Å². The number of rotatable bonds is 5. The van der Waals surface area contributed by atoms with Crippen molar-refractivity contribution in [1.82, 2.24) is 9.97 Å². The summed E-state index contributed by atoms with van der Waals surface area (Å²) in [5.74, 6) is 0.380. The van der Waals surface area contributed by atoms with Crippen molar-refractivity contribution in [2.24, 2.45) is 0 Å². The molecule has 3 aromatic carbocycles. The van der Waals surface area contributed by atoms with Crippen molar-refractivity contribution in [2.45, 2.75) is 6.42 Å². The number of aromatic hydroxyl groups is 1. The van der Waals surface area contributed by atoms with Gasteiger partial charge in [0.05, 0.1) is 18.3 Å². The van der Waals surface area contributed by atoms with Crippen molar-refractivity contribution in [3.8, 4) is 28.3 Å². The summed E-state index contributed by atoms with van der Waals surface area (Å²) >= 11 is 5.91. The molecule has 0 fully saturated rings. The molecule has 0 aliphatic heterocycles. The fourth-order valence-corrected chi connectivity index (χ4v) is 3.14. The van der Waals surface area contributed by atoms with E-state index in [4.69, 9.17) is 16.6 Å². The molecule has 5 nitrogen and oxygen atoms in total. The van der Waals surface area contributed by atoms with Gasteiger partial charge in [0, 0.05) is 16.1 Å². The highest BCUT2D eigenvalue weighted by Gasteiger charge is 2.14. The molecule has 0 spiro atoms. The summed E-state index contributed by atoms with van der Waals surface area (Å²) in [5, 5.41) is 13.0. The van der Waals surface area contributed by atoms with Crippen molar-refractivity contribution in [2.75, 3.05) is 5.32 Å². The minimum atomic E-state index is -0.193. The van der Waals surface area contributed by atoms with Crippen LogP contribution >= 0.6 is 11.6 Å². The van der Waals surface area contributed by atoms with Crippen LogP contribution in [0.2, 0.25) is 5.02 Å². The number of hydrogen-bond acceptors (Lipinski definition) is 4. The first kappa shape index (κ1) is 19.6. The van der Waals surface area contributed by atoms with Gasteiger partial charge in [0.25, 0.3) is 0 Å². The van der Waals surface area contributed by atoms with E-state index in [0.29, 0.717) is 22.2 Å². The molecule has 0 unspecified atom stereocenters. The molecule has 4 rings (SSSR count). The van der Waals surface area contributed by atoms with E-state index in [0.717, 1.165) is 16.7 Å². The first-order valence-corrected chi connectivity index (χ1v) is 9.72. The summed E-state index contributed by atoms with van der Waals surface area (Å²) in [6, 6.07) is 23.4. The minimum absolute atomic E-state index is 0.182. The summed E-state index contributed by atoms with van der Waals surface area (Å²) in [5.41, 5.74) is 3.73. The van der Waals surface area contributed by atoms with Crippen LogP contribution in [0.3, 0.4) is 0 Å². The van der Waals surface area contributed by atoms with Gasteiger partial charge >= 0.3 is 0 Å². The molecule has 1 amide bonds. The number of aromatic nitrogens is 2. The van der Waals surface area contributed by atoms with Gasteiger partial charge in [0.1, 0.15) is 11.4 Å². The number of hydrogen-bond donors (Lipinski definition) is 2. The third-order valence-electron chi connectivity index (χ3n) is 4.52. The molecule has 6 heteroatoms. The molecule has 148 valence electrons. The number of nitrogens with one attached hydrogen (secondary N) is 1. The minimum Gasteiger partial charge on any atom is -0.508 e. The second kappa shape index (κ2) is 8.76. The number of nitrogens with zero attached hydrogens (tertiary/aromatic N) is 2. The lowest BCUT2D eigenvalue weighted by atomic mass is 10.1. The molecule has 0 bridgehead atoms. The Morgan fingerprint density at radius 2 is 1.60 bits per heavy atom. The van der Waals surface area contributed by atoms with Gasteiger partial charge in [-0.05, 0) is 42.0 Å². The molecule has 0 aliphatic carbocycles. The van der Waals surface area contributed by atoms with E-state index in [2.05, 4.69) is 10.3 Å². The number of phenols is 1. The summed E-state index contributed by atoms with van der Waals surface area (Å²) < 4.78 is 0. The fourth-order valence-electron chi connectivity index (χ4n) is 3.01. The van der Waals surface area contributed by atoms with Crippen LogP contribution < -0.4 is 5.32 Å². The Labute approximate surface area is 179 Å². The van der Waals surface area contributed by atoms with E-state index in [-0.39, 0.29) is 18.1 Å². The third-order valence-corrected chi connectivity index (χ3v) is 4.77. The van der Waals surface area contributed by atoms with E-state index in [1.54, 1.807) is 42.6 Å². The average Bonchev–Trinajstić information content (AvgIpc) is 2.77. The Bertz CT molecular complexity index is 1160. The van der Waals surface area contributed by atoms with E-state index in [9.17, 15) is 9.90 Å². The molecule has 30 heavy (non-hydrogen) atoms. The molecule has 0 atom stereocenters. The molecule has 4 aromatic rings. The van der Waals surface area contributed by atoms with Gasteiger partial charge < -0.3 is 10.4 Å². The Hall–Kier alpha value is -3.70. The lowest BCUT2D eigenvalue weighted by Gasteiger charge is -2.12. The number of anilines is 1. The van der Waals surface area contributed by atoms with Gasteiger partial charge in [-0.15, -0.1) is 0 Å². The highest BCUT2D eigenvalue weighted by atomic mass is 35.5. The van der Waals surface area contributed by atoms with E-state index >= 15 is 0 Å². The van der Waals surface area contributed by atoms with Gasteiger partial charge in [0.2, 0.25) is 5.91 Å². The van der Waals surface area contributed by atoms with Crippen LogP contribution in [-0.2, 0) is 11.2 Å². The average molecular weight is 416 g/mol. The fraction of sp³-hybridized carbons (Fsp3) is 0.0417. The van der Waals surface area contributed by atoms with Crippen LogP contribution in [0, 0.1) is 0 Å². The Kier molecular flexibility index (Phi) is 5.72. The zero-order valence-corrected chi connectivity index (χ0v) is 16.7. The van der Waals surface area contributed by atoms with Gasteiger partial charge in [-0.2, -0.15) is 0 Å². The molecule has 1 aromatic heterocycles. The molecule has 1 heterocycles. The van der Waals surface area contributed by atoms with Gasteiger partial charge in [-0.25, -0.2) is 9.97 Å². The first-order valence-electron chi connectivity index (χ1n) is 9.34. The Balaban J connectivity index is 1.65. The highest BCUT2D eigenvalue weighted by molar-refractivity contribution is 6.30. The third kappa shape index (κ3) is 4.64. The van der Waals surface area contributed by atoms with Crippen molar-refractivity contribution in [3.05, 3.63) is 95.6 Å². The van der Waals surface area contributed by atoms with E-state index in [1.165, 1.54) is 0 Å². The first-order chi connectivity index (χ1) is 14.6. The largest absolute Gasteiger partial charge is 0.508 e. The second-order valence-electron chi connectivity index (χ2n) is 6.72. The number of phenolic OH excluding ortho intramolecular Hbond substituents is 1. The van der Waals surface area contributed by atoms with Crippen molar-refractivity contribution in [1.29, 1.82) is 0 Å². The van der Waals surface area contributed by atoms with Gasteiger partial charge in [0.15, 0.2) is 5.82 Å². The number of amides is 1. The molecular formula is C24H18ClN3O2. The maximum absolute atomic E-state index is 12.6. The SMILES string of the molecule is O=C(Cc1ccc(Cl)cc1)Nc1ncc(-c2ccc(O)cc2)nc1-c1ccccc1. The van der Waals surface area contributed by atoms with Crippen molar-refractivity contribution in [3.63, 3.8) is 0 Å². The predicted molar refractivity (Wildman–Crippen MR) is 118 cm³/mol. The number of halogens is 1. The summed E-state index contributed by atoms with van der Waals surface area (Å²) in [6.45, 7) is 0. The quantitative estimate of drug-likeness (QED) is 0.460. The van der Waals surface area contributed by atoms with Crippen LogP contribution in [0.1, 0.15) is 5.56 Å². The highest BCUT2D eigenvalue weighted by Crippen LogP contribution is 2.28. The lowest BCUT2D eigenvalue weighted by molar-refractivity contribution is -0.115. The Morgan fingerprint density at radius 1 is 0.900 bits per heavy atom. The predicted octanol–water partition coefficient (Wildman–Crippen LogP) is 5.35. The van der Waals surface area contributed by atoms with Crippen molar-refractivity contribution < 1.29 is 9.90 Å². The summed E-state index contributed by atoms with van der Waals surface area (Å²) in [6.07, 6.45) is 1.81. The topological polar surface area (TPSA) is 75.1 Å². The lowest BCUT2D eigenvalue weighted by Crippen LogP contribution is -2.16. The smallest absolute Gasteiger partial charge is 0.230 e. The van der Waals surface area contributed by atoms with Crippen LogP contribution in [-0.4, -0.2) is 21.0 Å². The monoisotopic (exact) mass is 415 g/mol. The zero-order chi connectivity index (χ0) is 20.9. The number of carbonyl (C=O) groups is 1. The van der Waals surface area contributed by atoms with E-state index in [1.807, 2.05) is 42.5 Å². The molecule has 0 saturated carbocycles. The maximum Gasteiger partial charge on any atom is 0.230 e.